The molecule has 1 aromatic heterocycles. The molecule has 1 amide bonds. The van der Waals surface area contributed by atoms with Crippen molar-refractivity contribution in [3.8, 4) is 11.3 Å². The zero-order chi connectivity index (χ0) is 27.3. The van der Waals surface area contributed by atoms with Gasteiger partial charge in [0.2, 0.25) is 10.0 Å². The molecule has 200 valence electrons. The second-order valence-electron chi connectivity index (χ2n) is 11.3. The molecule has 2 aliphatic rings. The summed E-state index contributed by atoms with van der Waals surface area (Å²) in [7, 11) is -2.33. The lowest BCUT2D eigenvalue weighted by Gasteiger charge is -2.39. The van der Waals surface area contributed by atoms with E-state index in [2.05, 4.69) is 31.1 Å². The van der Waals surface area contributed by atoms with Crippen molar-refractivity contribution >= 4 is 38.4 Å². The predicted octanol–water partition coefficient (Wildman–Crippen LogP) is 5.44. The van der Waals surface area contributed by atoms with Gasteiger partial charge in [-0.25, -0.2) is 18.2 Å². The summed E-state index contributed by atoms with van der Waals surface area (Å²) >= 11 is 1.28. The average Bonchev–Trinajstić information content (AvgIpc) is 3.44. The molecule has 1 saturated heterocycles. The molecule has 0 radical (unpaired) electrons. The predicted molar refractivity (Wildman–Crippen MR) is 147 cm³/mol. The van der Waals surface area contributed by atoms with Crippen molar-refractivity contribution in [3.63, 3.8) is 0 Å². The Hall–Kier alpha value is -3.08. The Morgan fingerprint density at radius 3 is 2.34 bits per heavy atom. The van der Waals surface area contributed by atoms with Crippen LogP contribution in [0.5, 0.6) is 0 Å². The number of benzene rings is 2. The minimum atomic E-state index is -3.66. The topological polar surface area (TPSA) is 106 Å². The lowest BCUT2D eigenvalue weighted by atomic mass is 9.65. The summed E-state index contributed by atoms with van der Waals surface area (Å²) in [6.45, 7) is 7.15. The Bertz CT molecular complexity index is 1480. The minimum absolute atomic E-state index is 0.00470. The number of nitrogens with zero attached hydrogens (tertiary/aromatic N) is 2. The first kappa shape index (κ1) is 26.5. The molecule has 10 heteroatoms. The van der Waals surface area contributed by atoms with Crippen LogP contribution in [-0.4, -0.2) is 49.3 Å². The summed E-state index contributed by atoms with van der Waals surface area (Å²) in [6.07, 6.45) is 2.76. The number of thiazole rings is 1. The Morgan fingerprint density at radius 1 is 1.03 bits per heavy atom. The van der Waals surface area contributed by atoms with Gasteiger partial charge in [-0.2, -0.15) is 4.31 Å². The third-order valence-electron chi connectivity index (χ3n) is 7.42. The zero-order valence-corrected chi connectivity index (χ0v) is 23.5. The van der Waals surface area contributed by atoms with Crippen LogP contribution in [0, 0.1) is 10.8 Å². The number of hydrogen-bond donors (Lipinski definition) is 1. The Balaban J connectivity index is 1.27. The van der Waals surface area contributed by atoms with Crippen LogP contribution >= 0.6 is 11.3 Å². The molecule has 2 atom stereocenters. The Kier molecular flexibility index (Phi) is 6.69. The summed E-state index contributed by atoms with van der Waals surface area (Å²) in [4.78, 5) is 29.1. The normalized spacial score (nSPS) is 22.7. The lowest BCUT2D eigenvalue weighted by molar-refractivity contribution is 0.0600. The number of carbonyl (C=O) groups excluding carboxylic acids is 2. The summed E-state index contributed by atoms with van der Waals surface area (Å²) in [5.41, 5.74) is 2.36. The van der Waals surface area contributed by atoms with Crippen LogP contribution in [0.1, 0.15) is 60.7 Å². The number of esters is 1. The monoisotopic (exact) mass is 553 g/mol. The van der Waals surface area contributed by atoms with E-state index in [1.807, 2.05) is 5.38 Å². The number of ether oxygens (including phenoxy) is 1. The Labute approximate surface area is 227 Å². The van der Waals surface area contributed by atoms with Crippen molar-refractivity contribution in [2.24, 2.45) is 10.8 Å². The van der Waals surface area contributed by atoms with Crippen molar-refractivity contribution in [1.29, 1.82) is 0 Å². The minimum Gasteiger partial charge on any atom is -0.465 e. The van der Waals surface area contributed by atoms with Crippen LogP contribution in [0.25, 0.3) is 11.3 Å². The van der Waals surface area contributed by atoms with Crippen LogP contribution in [0.3, 0.4) is 0 Å². The van der Waals surface area contributed by atoms with Gasteiger partial charge in [0, 0.05) is 29.1 Å². The number of hydrogen-bond acceptors (Lipinski definition) is 7. The highest BCUT2D eigenvalue weighted by atomic mass is 32.2. The molecule has 1 aliphatic carbocycles. The smallest absolute Gasteiger partial charge is 0.337 e. The van der Waals surface area contributed by atoms with Gasteiger partial charge in [0.05, 0.1) is 23.3 Å². The molecular weight excluding hydrogens is 522 g/mol. The molecule has 2 fully saturated rings. The highest BCUT2D eigenvalue weighted by Gasteiger charge is 2.53. The molecule has 3 aromatic rings. The maximum atomic E-state index is 13.5. The van der Waals surface area contributed by atoms with Gasteiger partial charge < -0.3 is 4.74 Å². The summed E-state index contributed by atoms with van der Waals surface area (Å²) in [5.74, 6) is -0.787. The SMILES string of the molecule is COC(=O)c1ccc(-c2csc(NC(=O)c3ccc(S(=O)(=O)N4C[C@@]5(C)C[C@H]4CC(C)(C)C5)cc3)n2)cc1. The summed E-state index contributed by atoms with van der Waals surface area (Å²) < 4.78 is 33.4. The van der Waals surface area contributed by atoms with Crippen molar-refractivity contribution < 1.29 is 22.7 Å². The second kappa shape index (κ2) is 9.59. The van der Waals surface area contributed by atoms with E-state index in [0.29, 0.717) is 28.5 Å². The van der Waals surface area contributed by atoms with E-state index >= 15 is 0 Å². The molecule has 2 aromatic carbocycles. The fourth-order valence-electron chi connectivity index (χ4n) is 6.13. The molecule has 38 heavy (non-hydrogen) atoms. The van der Waals surface area contributed by atoms with E-state index in [1.54, 1.807) is 28.6 Å². The average molecular weight is 554 g/mol. The number of methoxy groups -OCH3 is 1. The maximum absolute atomic E-state index is 13.5. The van der Waals surface area contributed by atoms with Crippen LogP contribution < -0.4 is 5.32 Å². The van der Waals surface area contributed by atoms with E-state index in [1.165, 1.54) is 42.7 Å². The van der Waals surface area contributed by atoms with Crippen molar-refractivity contribution in [3.05, 3.63) is 65.0 Å². The van der Waals surface area contributed by atoms with Gasteiger partial charge >= 0.3 is 5.97 Å². The van der Waals surface area contributed by atoms with Gasteiger partial charge in [-0.05, 0) is 66.5 Å². The van der Waals surface area contributed by atoms with E-state index in [-0.39, 0.29) is 27.7 Å². The van der Waals surface area contributed by atoms with Crippen molar-refractivity contribution in [2.75, 3.05) is 19.0 Å². The van der Waals surface area contributed by atoms with E-state index in [9.17, 15) is 18.0 Å². The van der Waals surface area contributed by atoms with Gasteiger partial charge in [0.1, 0.15) is 0 Å². The number of fused-ring (bicyclic) bond motifs is 2. The molecule has 0 unspecified atom stereocenters. The fourth-order valence-corrected chi connectivity index (χ4v) is 8.62. The highest BCUT2D eigenvalue weighted by Crippen LogP contribution is 2.53. The number of aromatic nitrogens is 1. The van der Waals surface area contributed by atoms with Crippen LogP contribution in [0.4, 0.5) is 5.13 Å². The van der Waals surface area contributed by atoms with E-state index < -0.39 is 16.0 Å². The van der Waals surface area contributed by atoms with Gasteiger partial charge in [0.25, 0.3) is 5.91 Å². The fraction of sp³-hybridized carbons (Fsp3) is 0.393. The molecule has 5 rings (SSSR count). The zero-order valence-electron chi connectivity index (χ0n) is 21.9. The quantitative estimate of drug-likeness (QED) is 0.408. The molecule has 2 heterocycles. The maximum Gasteiger partial charge on any atom is 0.337 e. The Morgan fingerprint density at radius 2 is 1.68 bits per heavy atom. The molecule has 1 aliphatic heterocycles. The van der Waals surface area contributed by atoms with Crippen LogP contribution in [0.2, 0.25) is 0 Å². The third kappa shape index (κ3) is 5.12. The summed E-state index contributed by atoms with van der Waals surface area (Å²) in [5, 5.41) is 5.01. The van der Waals surface area contributed by atoms with Crippen LogP contribution in [-0.2, 0) is 14.8 Å². The number of amides is 1. The number of rotatable bonds is 6. The first-order valence-corrected chi connectivity index (χ1v) is 14.8. The summed E-state index contributed by atoms with van der Waals surface area (Å²) in [6, 6.07) is 12.9. The highest BCUT2D eigenvalue weighted by molar-refractivity contribution is 7.89. The van der Waals surface area contributed by atoms with E-state index in [0.717, 1.165) is 24.8 Å². The van der Waals surface area contributed by atoms with Gasteiger partial charge in [0.15, 0.2) is 5.13 Å². The van der Waals surface area contributed by atoms with Gasteiger partial charge in [-0.1, -0.05) is 32.9 Å². The standard InChI is InChI=1S/C28H31N3O5S2/c1-27(2)13-21-14-28(3,16-27)17-31(21)38(34,35)22-11-9-19(10-12-22)24(32)30-26-29-23(15-37-26)18-5-7-20(8-6-18)25(33)36-4/h5-12,15,21H,13-14,16-17H2,1-4H3,(H,29,30,32)/t21-,28+/m1/s1. The number of carbonyl (C=O) groups is 2. The number of sulfonamides is 1. The lowest BCUT2D eigenvalue weighted by Crippen LogP contribution is -2.37. The molecular formula is C28H31N3O5S2. The van der Waals surface area contributed by atoms with Crippen molar-refractivity contribution in [2.45, 2.75) is 51.0 Å². The molecule has 0 spiro atoms. The second-order valence-corrected chi connectivity index (χ2v) is 14.1. The molecule has 2 bridgehead atoms. The van der Waals surface area contributed by atoms with Crippen LogP contribution in [0.15, 0.2) is 58.8 Å². The first-order valence-electron chi connectivity index (χ1n) is 12.5. The van der Waals surface area contributed by atoms with E-state index in [4.69, 9.17) is 4.74 Å². The first-order chi connectivity index (χ1) is 17.9. The number of nitrogens with one attached hydrogen (secondary N) is 1. The third-order valence-corrected chi connectivity index (χ3v) is 10.1. The van der Waals surface area contributed by atoms with Gasteiger partial charge in [-0.3, -0.25) is 10.1 Å². The molecule has 1 N–H and O–H groups in total. The number of anilines is 1. The molecule has 1 saturated carbocycles. The molecule has 8 nitrogen and oxygen atoms in total. The van der Waals surface area contributed by atoms with Crippen molar-refractivity contribution in [1.82, 2.24) is 9.29 Å². The largest absolute Gasteiger partial charge is 0.465 e. The van der Waals surface area contributed by atoms with Gasteiger partial charge in [-0.15, -0.1) is 11.3 Å².